The largest absolute Gasteiger partial charge is 0.295 e. The molecule has 3 aromatic rings. The van der Waals surface area contributed by atoms with Gasteiger partial charge in [0.1, 0.15) is 5.69 Å². The lowest BCUT2D eigenvalue weighted by Gasteiger charge is -2.23. The SMILES string of the molecule is S=c1[nH]nc(-c2cc(-c3ccccc3)n[nH]2)n1C1CC2CCC1C2. The van der Waals surface area contributed by atoms with Crippen LogP contribution in [-0.2, 0) is 0 Å². The van der Waals surface area contributed by atoms with E-state index in [1.807, 2.05) is 18.2 Å². The van der Waals surface area contributed by atoms with E-state index >= 15 is 0 Å². The van der Waals surface area contributed by atoms with Crippen molar-refractivity contribution >= 4 is 12.2 Å². The van der Waals surface area contributed by atoms with Gasteiger partial charge in [-0.15, -0.1) is 0 Å². The summed E-state index contributed by atoms with van der Waals surface area (Å²) in [4.78, 5) is 0. The van der Waals surface area contributed by atoms with Gasteiger partial charge in [0.25, 0.3) is 0 Å². The van der Waals surface area contributed by atoms with Crippen LogP contribution in [-0.4, -0.2) is 25.0 Å². The average Bonchev–Trinajstić information content (AvgIpc) is 3.38. The summed E-state index contributed by atoms with van der Waals surface area (Å²) in [6, 6.07) is 12.7. The van der Waals surface area contributed by atoms with Gasteiger partial charge in [-0.2, -0.15) is 10.2 Å². The highest BCUT2D eigenvalue weighted by Gasteiger charge is 2.41. The summed E-state index contributed by atoms with van der Waals surface area (Å²) >= 11 is 5.54. The van der Waals surface area contributed by atoms with Crippen molar-refractivity contribution in [3.63, 3.8) is 0 Å². The first-order valence-corrected chi connectivity index (χ1v) is 8.98. The quantitative estimate of drug-likeness (QED) is 0.698. The molecular formula is C18H19N5S. The normalized spacial score (nSPS) is 25.4. The third-order valence-electron chi connectivity index (χ3n) is 5.63. The monoisotopic (exact) mass is 337 g/mol. The summed E-state index contributed by atoms with van der Waals surface area (Å²) in [6.45, 7) is 0. The van der Waals surface area contributed by atoms with Crippen LogP contribution in [0.4, 0.5) is 0 Å². The molecule has 5 rings (SSSR count). The fourth-order valence-electron chi connectivity index (χ4n) is 4.52. The molecule has 3 unspecified atom stereocenters. The molecule has 2 saturated carbocycles. The van der Waals surface area contributed by atoms with Crippen molar-refractivity contribution in [1.29, 1.82) is 0 Å². The third kappa shape index (κ3) is 2.17. The smallest absolute Gasteiger partial charge is 0.195 e. The minimum absolute atomic E-state index is 0.480. The molecule has 0 radical (unpaired) electrons. The summed E-state index contributed by atoms with van der Waals surface area (Å²) in [5.74, 6) is 2.49. The van der Waals surface area contributed by atoms with Crippen LogP contribution < -0.4 is 0 Å². The molecule has 2 heterocycles. The van der Waals surface area contributed by atoms with E-state index in [0.717, 1.165) is 39.4 Å². The molecule has 2 fully saturated rings. The van der Waals surface area contributed by atoms with Crippen LogP contribution in [0.2, 0.25) is 0 Å². The number of aromatic nitrogens is 5. The molecule has 0 spiro atoms. The molecule has 2 aromatic heterocycles. The van der Waals surface area contributed by atoms with Gasteiger partial charge in [0.05, 0.1) is 5.69 Å². The molecule has 3 atom stereocenters. The van der Waals surface area contributed by atoms with Crippen molar-refractivity contribution in [2.45, 2.75) is 31.7 Å². The van der Waals surface area contributed by atoms with Crippen molar-refractivity contribution in [3.8, 4) is 22.8 Å². The maximum atomic E-state index is 5.54. The zero-order valence-corrected chi connectivity index (χ0v) is 14.1. The average molecular weight is 337 g/mol. The Balaban J connectivity index is 1.54. The van der Waals surface area contributed by atoms with E-state index < -0.39 is 0 Å². The van der Waals surface area contributed by atoms with Crippen LogP contribution in [0, 0.1) is 16.6 Å². The Morgan fingerprint density at radius 1 is 1.04 bits per heavy atom. The van der Waals surface area contributed by atoms with Gasteiger partial charge in [-0.25, -0.2) is 0 Å². The number of hydrogen-bond acceptors (Lipinski definition) is 3. The standard InChI is InChI=1S/C18H19N5S/c24-18-22-21-17(23(18)16-9-11-6-7-13(16)8-11)15-10-14(19-20-15)12-4-2-1-3-5-12/h1-5,10-11,13,16H,6-9H2,(H,19,20)(H,22,24). The highest BCUT2D eigenvalue weighted by atomic mass is 32.1. The number of rotatable bonds is 3. The number of hydrogen-bond donors (Lipinski definition) is 2. The van der Waals surface area contributed by atoms with Crippen LogP contribution in [0.15, 0.2) is 36.4 Å². The summed E-state index contributed by atoms with van der Waals surface area (Å²) in [5.41, 5.74) is 2.95. The third-order valence-corrected chi connectivity index (χ3v) is 5.91. The Labute approximate surface area is 145 Å². The first-order chi connectivity index (χ1) is 11.8. The molecule has 2 aliphatic rings. The van der Waals surface area contributed by atoms with Crippen molar-refractivity contribution in [3.05, 3.63) is 41.2 Å². The van der Waals surface area contributed by atoms with Crippen molar-refractivity contribution < 1.29 is 0 Å². The highest BCUT2D eigenvalue weighted by Crippen LogP contribution is 2.51. The predicted octanol–water partition coefficient (Wildman–Crippen LogP) is 4.36. The Kier molecular flexibility index (Phi) is 3.19. The fourth-order valence-corrected chi connectivity index (χ4v) is 4.79. The number of fused-ring (bicyclic) bond motifs is 2. The Morgan fingerprint density at radius 3 is 2.67 bits per heavy atom. The molecule has 0 saturated heterocycles. The summed E-state index contributed by atoms with van der Waals surface area (Å²) in [5, 5.41) is 15.1. The van der Waals surface area contributed by atoms with Gasteiger partial charge in [-0.1, -0.05) is 36.8 Å². The number of aromatic amines is 2. The fraction of sp³-hybridized carbons (Fsp3) is 0.389. The van der Waals surface area contributed by atoms with Crippen LogP contribution in [0.25, 0.3) is 22.8 Å². The lowest BCUT2D eigenvalue weighted by molar-refractivity contribution is 0.329. The number of H-pyrrole nitrogens is 2. The molecule has 2 N–H and O–H groups in total. The lowest BCUT2D eigenvalue weighted by atomic mass is 9.95. The van der Waals surface area contributed by atoms with Crippen molar-refractivity contribution in [1.82, 2.24) is 25.0 Å². The van der Waals surface area contributed by atoms with Crippen LogP contribution in [0.1, 0.15) is 31.7 Å². The molecule has 0 aliphatic heterocycles. The lowest BCUT2D eigenvalue weighted by Crippen LogP contribution is -2.17. The summed E-state index contributed by atoms with van der Waals surface area (Å²) < 4.78 is 2.94. The minimum atomic E-state index is 0.480. The number of nitrogens with one attached hydrogen (secondary N) is 2. The topological polar surface area (TPSA) is 62.3 Å². The second kappa shape index (κ2) is 5.41. The highest BCUT2D eigenvalue weighted by molar-refractivity contribution is 7.71. The van der Waals surface area contributed by atoms with Gasteiger partial charge in [0.2, 0.25) is 0 Å². The van der Waals surface area contributed by atoms with Crippen LogP contribution >= 0.6 is 12.2 Å². The second-order valence-corrected chi connectivity index (χ2v) is 7.38. The van der Waals surface area contributed by atoms with E-state index in [0.29, 0.717) is 6.04 Å². The Morgan fingerprint density at radius 2 is 1.92 bits per heavy atom. The van der Waals surface area contributed by atoms with Gasteiger partial charge >= 0.3 is 0 Å². The molecule has 2 aliphatic carbocycles. The van der Waals surface area contributed by atoms with Gasteiger partial charge in [0, 0.05) is 11.6 Å². The van der Waals surface area contributed by atoms with Gasteiger partial charge in [0.15, 0.2) is 10.6 Å². The predicted molar refractivity (Wildman–Crippen MR) is 94.9 cm³/mol. The summed E-state index contributed by atoms with van der Waals surface area (Å²) in [7, 11) is 0. The van der Waals surface area contributed by atoms with E-state index in [9.17, 15) is 0 Å². The van der Waals surface area contributed by atoms with E-state index in [2.05, 4.69) is 43.2 Å². The molecular weight excluding hydrogens is 318 g/mol. The van der Waals surface area contributed by atoms with E-state index in [4.69, 9.17) is 12.2 Å². The molecule has 6 heteroatoms. The van der Waals surface area contributed by atoms with Gasteiger partial charge < -0.3 is 0 Å². The van der Waals surface area contributed by atoms with E-state index in [1.54, 1.807) is 0 Å². The first kappa shape index (κ1) is 14.2. The second-order valence-electron chi connectivity index (χ2n) is 7.00. The zero-order valence-electron chi connectivity index (χ0n) is 13.3. The van der Waals surface area contributed by atoms with Gasteiger partial charge in [-0.3, -0.25) is 14.8 Å². The van der Waals surface area contributed by atoms with Gasteiger partial charge in [-0.05, 0) is 49.4 Å². The maximum Gasteiger partial charge on any atom is 0.195 e. The molecule has 24 heavy (non-hydrogen) atoms. The molecule has 122 valence electrons. The Hall–Kier alpha value is -2.21. The van der Waals surface area contributed by atoms with E-state index in [-0.39, 0.29) is 0 Å². The van der Waals surface area contributed by atoms with Crippen LogP contribution in [0.5, 0.6) is 0 Å². The van der Waals surface area contributed by atoms with Crippen LogP contribution in [0.3, 0.4) is 0 Å². The number of nitrogens with zero attached hydrogens (tertiary/aromatic N) is 3. The number of benzene rings is 1. The minimum Gasteiger partial charge on any atom is -0.295 e. The molecule has 2 bridgehead atoms. The summed E-state index contributed by atoms with van der Waals surface area (Å²) in [6.07, 6.45) is 5.27. The molecule has 5 nitrogen and oxygen atoms in total. The van der Waals surface area contributed by atoms with E-state index in [1.165, 1.54) is 25.7 Å². The first-order valence-electron chi connectivity index (χ1n) is 8.57. The Bertz CT molecular complexity index is 922. The molecule has 1 aromatic carbocycles. The van der Waals surface area contributed by atoms with Crippen molar-refractivity contribution in [2.24, 2.45) is 11.8 Å². The zero-order chi connectivity index (χ0) is 16.1. The molecule has 0 amide bonds. The van der Waals surface area contributed by atoms with Crippen molar-refractivity contribution in [2.75, 3.05) is 0 Å². The maximum absolute atomic E-state index is 5.54.